The molecule has 0 aliphatic heterocycles. The lowest BCUT2D eigenvalue weighted by molar-refractivity contribution is 0.0942. The lowest BCUT2D eigenvalue weighted by Gasteiger charge is -2.24. The van der Waals surface area contributed by atoms with E-state index >= 15 is 0 Å². The van der Waals surface area contributed by atoms with E-state index in [0.29, 0.717) is 12.0 Å². The van der Waals surface area contributed by atoms with Gasteiger partial charge in [0, 0.05) is 17.6 Å². The van der Waals surface area contributed by atoms with E-state index in [0.717, 1.165) is 21.5 Å². The van der Waals surface area contributed by atoms with Gasteiger partial charge in [-0.05, 0) is 55.7 Å². The molecule has 0 unspecified atom stereocenters. The molecule has 0 saturated heterocycles. The van der Waals surface area contributed by atoms with E-state index in [-0.39, 0.29) is 17.7 Å². The van der Waals surface area contributed by atoms with Crippen LogP contribution in [0.25, 0.3) is 0 Å². The third-order valence-electron chi connectivity index (χ3n) is 5.91. The molecule has 0 bridgehead atoms. The number of sulfonamides is 1. The summed E-state index contributed by atoms with van der Waals surface area (Å²) in [5.74, 6) is -0.485. The minimum absolute atomic E-state index is 0.208. The summed E-state index contributed by atoms with van der Waals surface area (Å²) in [6, 6.07) is 36.8. The fourth-order valence-electron chi connectivity index (χ4n) is 4.43. The molecular weight excluding hydrogens is 511 g/mol. The van der Waals surface area contributed by atoms with Gasteiger partial charge in [-0.15, -0.1) is 0 Å². The van der Waals surface area contributed by atoms with Gasteiger partial charge in [-0.1, -0.05) is 109 Å². The molecule has 2 N–H and O–H groups in total. The number of rotatable bonds is 11. The monoisotopic (exact) mass is 544 g/mol. The molecule has 1 atom stereocenters. The van der Waals surface area contributed by atoms with Gasteiger partial charge in [-0.3, -0.25) is 4.79 Å². The topological polar surface area (TPSA) is 75.3 Å². The molecule has 7 heteroatoms. The van der Waals surface area contributed by atoms with Crippen molar-refractivity contribution < 1.29 is 13.2 Å². The maximum atomic E-state index is 13.8. The third kappa shape index (κ3) is 7.61. The van der Waals surface area contributed by atoms with Crippen LogP contribution in [0.3, 0.4) is 0 Å². The van der Waals surface area contributed by atoms with Crippen molar-refractivity contribution in [3.63, 3.8) is 0 Å². The van der Waals surface area contributed by atoms with Crippen molar-refractivity contribution in [2.45, 2.75) is 32.4 Å². The smallest absolute Gasteiger partial charge is 0.252 e. The highest BCUT2D eigenvalue weighted by molar-refractivity contribution is 7.89. The lowest BCUT2D eigenvalue weighted by atomic mass is 10.1. The summed E-state index contributed by atoms with van der Waals surface area (Å²) >= 11 is 0. The van der Waals surface area contributed by atoms with Crippen LogP contribution in [0, 0.1) is 0 Å². The molecule has 1 amide bonds. The molecule has 0 fully saturated rings. The molecule has 0 heterocycles. The summed E-state index contributed by atoms with van der Waals surface area (Å²) in [5, 5.41) is 6.27. The molecule has 4 aromatic carbocycles. The number of amides is 1. The number of hydrogen-bond acceptors (Lipinski definition) is 3. The van der Waals surface area contributed by atoms with Crippen molar-refractivity contribution in [1.29, 1.82) is 0 Å². The van der Waals surface area contributed by atoms with Crippen molar-refractivity contribution in [2.75, 3.05) is 5.75 Å². The molecule has 0 radical (unpaired) electrons. The summed E-state index contributed by atoms with van der Waals surface area (Å²) in [4.78, 5) is 13.8. The van der Waals surface area contributed by atoms with E-state index in [9.17, 15) is 13.2 Å². The first kappa shape index (κ1) is 27.7. The zero-order valence-corrected chi connectivity index (χ0v) is 23.3. The van der Waals surface area contributed by atoms with Crippen LogP contribution in [0.4, 0.5) is 0 Å². The van der Waals surface area contributed by atoms with E-state index in [1.807, 2.05) is 91.0 Å². The number of nitrogens with one attached hydrogen (secondary N) is 2. The van der Waals surface area contributed by atoms with Crippen LogP contribution in [0.2, 0.25) is 0 Å². The predicted molar refractivity (Wildman–Crippen MR) is 159 cm³/mol. The van der Waals surface area contributed by atoms with Gasteiger partial charge in [-0.25, -0.2) is 13.1 Å². The van der Waals surface area contributed by atoms with Crippen LogP contribution < -0.4 is 26.0 Å². The van der Waals surface area contributed by atoms with Crippen LogP contribution in [0.1, 0.15) is 29.8 Å². The molecule has 0 spiro atoms. The van der Waals surface area contributed by atoms with E-state index in [4.69, 9.17) is 0 Å². The molecular formula is C31H33N2O3PS. The van der Waals surface area contributed by atoms with Gasteiger partial charge in [0.15, 0.2) is 0 Å². The highest BCUT2D eigenvalue weighted by atomic mass is 32.2. The summed E-state index contributed by atoms with van der Waals surface area (Å²) in [5.41, 5.74) is 1.51. The van der Waals surface area contributed by atoms with Crippen LogP contribution in [0.5, 0.6) is 0 Å². The average Bonchev–Trinajstić information content (AvgIpc) is 2.90. The van der Waals surface area contributed by atoms with Gasteiger partial charge in [0.25, 0.3) is 5.91 Å². The zero-order chi connectivity index (χ0) is 27.0. The van der Waals surface area contributed by atoms with Crippen LogP contribution in [-0.4, -0.2) is 32.2 Å². The first-order valence-corrected chi connectivity index (χ1v) is 15.7. The van der Waals surface area contributed by atoms with Crippen LogP contribution in [-0.2, 0) is 16.4 Å². The Balaban J connectivity index is 1.69. The lowest BCUT2D eigenvalue weighted by Crippen LogP contribution is -2.46. The summed E-state index contributed by atoms with van der Waals surface area (Å²) < 4.78 is 28.3. The molecule has 5 nitrogen and oxygen atoms in total. The normalized spacial score (nSPS) is 12.4. The van der Waals surface area contributed by atoms with Gasteiger partial charge in [-0.2, -0.15) is 0 Å². The second-order valence-electron chi connectivity index (χ2n) is 9.44. The minimum Gasteiger partial charge on any atom is -0.348 e. The largest absolute Gasteiger partial charge is 0.348 e. The number of carbonyl (C=O) groups is 1. The Bertz CT molecular complexity index is 1390. The van der Waals surface area contributed by atoms with Crippen molar-refractivity contribution in [1.82, 2.24) is 10.0 Å². The first-order chi connectivity index (χ1) is 18.3. The highest BCUT2D eigenvalue weighted by Crippen LogP contribution is 2.34. The second kappa shape index (κ2) is 13.0. The molecule has 196 valence electrons. The third-order valence-corrected chi connectivity index (χ3v) is 10.1. The standard InChI is InChI=1S/C31H33N2O3PS/c1-24(2)33-38(35,36)23-26(22-25-14-6-3-7-15-25)32-31(34)29-20-12-13-21-30(29)37(27-16-8-4-9-17-27)28-18-10-5-11-19-28/h3-21,24,26,33H,22-23H2,1-2H3,(H,32,34)/t26-/m0/s1. The van der Waals surface area contributed by atoms with Gasteiger partial charge < -0.3 is 5.32 Å². The van der Waals surface area contributed by atoms with Crippen molar-refractivity contribution >= 4 is 39.8 Å². The summed E-state index contributed by atoms with van der Waals surface area (Å²) in [6.07, 6.45) is 0.403. The minimum atomic E-state index is -3.60. The van der Waals surface area contributed by atoms with E-state index in [1.165, 1.54) is 0 Å². The Kier molecular flexibility index (Phi) is 9.46. The number of carbonyl (C=O) groups excluding carboxylic acids is 1. The van der Waals surface area contributed by atoms with E-state index in [2.05, 4.69) is 34.3 Å². The number of hydrogen-bond donors (Lipinski definition) is 2. The quantitative estimate of drug-likeness (QED) is 0.279. The summed E-state index contributed by atoms with van der Waals surface area (Å²) in [7, 11) is -4.60. The van der Waals surface area contributed by atoms with E-state index < -0.39 is 24.0 Å². The van der Waals surface area contributed by atoms with Gasteiger partial charge in [0.2, 0.25) is 10.0 Å². The van der Waals surface area contributed by atoms with E-state index in [1.54, 1.807) is 13.8 Å². The second-order valence-corrected chi connectivity index (χ2v) is 13.4. The Morgan fingerprint density at radius 2 is 1.24 bits per heavy atom. The maximum absolute atomic E-state index is 13.8. The first-order valence-electron chi connectivity index (χ1n) is 12.7. The Labute approximate surface area is 227 Å². The van der Waals surface area contributed by atoms with Crippen molar-refractivity contribution in [3.05, 3.63) is 126 Å². The van der Waals surface area contributed by atoms with Gasteiger partial charge in [0.05, 0.1) is 5.75 Å². The summed E-state index contributed by atoms with van der Waals surface area (Å²) in [6.45, 7) is 3.57. The maximum Gasteiger partial charge on any atom is 0.252 e. The average molecular weight is 545 g/mol. The Morgan fingerprint density at radius 1 is 0.737 bits per heavy atom. The van der Waals surface area contributed by atoms with Crippen LogP contribution in [0.15, 0.2) is 115 Å². The highest BCUT2D eigenvalue weighted by Gasteiger charge is 2.26. The van der Waals surface area contributed by atoms with Gasteiger partial charge >= 0.3 is 0 Å². The molecule has 4 rings (SSSR count). The molecule has 4 aromatic rings. The fraction of sp³-hybridized carbons (Fsp3) is 0.194. The molecule has 0 aromatic heterocycles. The van der Waals surface area contributed by atoms with Crippen LogP contribution >= 0.6 is 7.92 Å². The SMILES string of the molecule is CC(C)NS(=O)(=O)C[C@H](Cc1ccccc1)NC(=O)c1ccccc1P(c1ccccc1)c1ccccc1. The van der Waals surface area contributed by atoms with Crippen molar-refractivity contribution in [2.24, 2.45) is 0 Å². The fourth-order valence-corrected chi connectivity index (χ4v) is 8.42. The molecule has 0 saturated carbocycles. The Hall–Kier alpha value is -3.31. The zero-order valence-electron chi connectivity index (χ0n) is 21.6. The molecule has 38 heavy (non-hydrogen) atoms. The Morgan fingerprint density at radius 3 is 1.79 bits per heavy atom. The molecule has 0 aliphatic rings. The number of benzene rings is 4. The molecule has 0 aliphatic carbocycles. The van der Waals surface area contributed by atoms with Gasteiger partial charge in [0.1, 0.15) is 0 Å². The van der Waals surface area contributed by atoms with Crippen molar-refractivity contribution in [3.8, 4) is 0 Å². The predicted octanol–water partition coefficient (Wildman–Crippen LogP) is 4.11.